The zero-order valence-corrected chi connectivity index (χ0v) is 12.5. The zero-order chi connectivity index (χ0) is 14.9. The molecule has 0 bridgehead atoms. The summed E-state index contributed by atoms with van der Waals surface area (Å²) in [7, 11) is 1.96. The lowest BCUT2D eigenvalue weighted by Gasteiger charge is -2.16. The van der Waals surface area contributed by atoms with E-state index in [4.69, 9.17) is 10.2 Å². The highest BCUT2D eigenvalue weighted by Crippen LogP contribution is 2.27. The number of hydrogen-bond acceptors (Lipinski definition) is 6. The SMILES string of the molecule is Cc1oc2nc(CN(C)CCC(C)O)nc(N)c2c1C. The van der Waals surface area contributed by atoms with E-state index in [0.29, 0.717) is 30.3 Å². The van der Waals surface area contributed by atoms with Crippen LogP contribution in [0.15, 0.2) is 4.42 Å². The number of furan rings is 1. The van der Waals surface area contributed by atoms with Crippen LogP contribution in [-0.2, 0) is 6.54 Å². The first-order valence-corrected chi connectivity index (χ1v) is 6.77. The molecule has 6 heteroatoms. The van der Waals surface area contributed by atoms with Crippen LogP contribution in [0, 0.1) is 13.8 Å². The molecule has 1 atom stereocenters. The van der Waals surface area contributed by atoms with E-state index < -0.39 is 0 Å². The third kappa shape index (κ3) is 3.08. The van der Waals surface area contributed by atoms with Crippen LogP contribution in [0.2, 0.25) is 0 Å². The first-order valence-electron chi connectivity index (χ1n) is 6.77. The number of rotatable bonds is 5. The molecule has 2 aromatic heterocycles. The van der Waals surface area contributed by atoms with Gasteiger partial charge in [0, 0.05) is 12.1 Å². The second-order valence-electron chi connectivity index (χ2n) is 5.36. The van der Waals surface area contributed by atoms with Gasteiger partial charge in [0.25, 0.3) is 0 Å². The summed E-state index contributed by atoms with van der Waals surface area (Å²) in [5.74, 6) is 1.92. The summed E-state index contributed by atoms with van der Waals surface area (Å²) in [6.45, 7) is 6.98. The highest BCUT2D eigenvalue weighted by atomic mass is 16.3. The van der Waals surface area contributed by atoms with E-state index in [0.717, 1.165) is 23.3 Å². The fourth-order valence-corrected chi connectivity index (χ4v) is 2.12. The van der Waals surface area contributed by atoms with Crippen molar-refractivity contribution in [1.29, 1.82) is 0 Å². The topological polar surface area (TPSA) is 88.4 Å². The first kappa shape index (κ1) is 14.7. The van der Waals surface area contributed by atoms with Crippen molar-refractivity contribution in [1.82, 2.24) is 14.9 Å². The van der Waals surface area contributed by atoms with Gasteiger partial charge in [0.05, 0.1) is 18.0 Å². The van der Waals surface area contributed by atoms with Crippen LogP contribution in [-0.4, -0.2) is 39.7 Å². The number of aliphatic hydroxyl groups excluding tert-OH is 1. The molecule has 2 heterocycles. The highest BCUT2D eigenvalue weighted by molar-refractivity contribution is 5.88. The van der Waals surface area contributed by atoms with E-state index in [1.165, 1.54) is 0 Å². The third-order valence-electron chi connectivity index (χ3n) is 3.44. The Bertz CT molecular complexity index is 607. The predicted octanol–water partition coefficient (Wildman–Crippen LogP) is 1.62. The summed E-state index contributed by atoms with van der Waals surface area (Å²) in [5, 5.41) is 10.1. The average Bonchev–Trinajstić information content (AvgIpc) is 2.62. The normalized spacial score (nSPS) is 13.3. The Kier molecular flexibility index (Phi) is 4.25. The lowest BCUT2D eigenvalue weighted by Crippen LogP contribution is -2.23. The third-order valence-corrected chi connectivity index (χ3v) is 3.44. The van der Waals surface area contributed by atoms with Crippen molar-refractivity contribution in [3.05, 3.63) is 17.1 Å². The molecule has 0 aliphatic carbocycles. The minimum atomic E-state index is -0.304. The van der Waals surface area contributed by atoms with Crippen LogP contribution < -0.4 is 5.73 Å². The Hall–Kier alpha value is -1.66. The Morgan fingerprint density at radius 1 is 1.35 bits per heavy atom. The second-order valence-corrected chi connectivity index (χ2v) is 5.36. The summed E-state index contributed by atoms with van der Waals surface area (Å²) in [4.78, 5) is 10.8. The molecule has 0 aromatic carbocycles. The van der Waals surface area contributed by atoms with Gasteiger partial charge in [-0.05, 0) is 34.2 Å². The fraction of sp³-hybridized carbons (Fsp3) is 0.571. The van der Waals surface area contributed by atoms with Crippen molar-refractivity contribution in [2.75, 3.05) is 19.3 Å². The van der Waals surface area contributed by atoms with Crippen molar-refractivity contribution < 1.29 is 9.52 Å². The van der Waals surface area contributed by atoms with E-state index in [-0.39, 0.29) is 6.10 Å². The van der Waals surface area contributed by atoms with Crippen LogP contribution in [0.1, 0.15) is 30.5 Å². The van der Waals surface area contributed by atoms with Gasteiger partial charge in [-0.3, -0.25) is 4.90 Å². The minimum Gasteiger partial charge on any atom is -0.443 e. The second kappa shape index (κ2) is 5.76. The quantitative estimate of drug-likeness (QED) is 0.864. The van der Waals surface area contributed by atoms with E-state index >= 15 is 0 Å². The first-order chi connectivity index (χ1) is 9.38. The molecule has 0 saturated carbocycles. The molecule has 0 amide bonds. The molecule has 0 radical (unpaired) electrons. The largest absolute Gasteiger partial charge is 0.443 e. The molecule has 110 valence electrons. The number of anilines is 1. The molecule has 0 saturated heterocycles. The van der Waals surface area contributed by atoms with Gasteiger partial charge in [-0.25, -0.2) is 4.98 Å². The summed E-state index contributed by atoms with van der Waals surface area (Å²) in [5.41, 5.74) is 7.54. The molecule has 20 heavy (non-hydrogen) atoms. The van der Waals surface area contributed by atoms with Gasteiger partial charge in [-0.1, -0.05) is 0 Å². The Labute approximate surface area is 118 Å². The van der Waals surface area contributed by atoms with Crippen LogP contribution in [0.25, 0.3) is 11.1 Å². The molecular weight excluding hydrogens is 256 g/mol. The molecule has 6 nitrogen and oxygen atoms in total. The summed E-state index contributed by atoms with van der Waals surface area (Å²) < 4.78 is 5.61. The lowest BCUT2D eigenvalue weighted by molar-refractivity contribution is 0.162. The van der Waals surface area contributed by atoms with Crippen molar-refractivity contribution in [3.8, 4) is 0 Å². The number of nitrogen functional groups attached to an aromatic ring is 1. The summed E-state index contributed by atoms with van der Waals surface area (Å²) in [6.07, 6.45) is 0.411. The maximum atomic E-state index is 9.29. The number of nitrogens with two attached hydrogens (primary N) is 1. The standard InChI is InChI=1S/C14H22N4O2/c1-8(19)5-6-18(4)7-11-16-13(15)12-9(2)10(3)20-14(12)17-11/h8,19H,5-7H2,1-4H3,(H2,15,16,17). The van der Waals surface area contributed by atoms with Gasteiger partial charge in [-0.15, -0.1) is 0 Å². The van der Waals surface area contributed by atoms with Crippen molar-refractivity contribution in [2.24, 2.45) is 0 Å². The van der Waals surface area contributed by atoms with Crippen LogP contribution in [0.4, 0.5) is 5.82 Å². The number of hydrogen-bond donors (Lipinski definition) is 2. The minimum absolute atomic E-state index is 0.304. The summed E-state index contributed by atoms with van der Waals surface area (Å²) >= 11 is 0. The smallest absolute Gasteiger partial charge is 0.231 e. The number of fused-ring (bicyclic) bond motifs is 1. The molecule has 2 aromatic rings. The van der Waals surface area contributed by atoms with E-state index in [1.54, 1.807) is 6.92 Å². The van der Waals surface area contributed by atoms with Gasteiger partial charge in [0.15, 0.2) is 0 Å². The van der Waals surface area contributed by atoms with E-state index in [9.17, 15) is 5.11 Å². The molecule has 1 unspecified atom stereocenters. The van der Waals surface area contributed by atoms with Crippen LogP contribution >= 0.6 is 0 Å². The number of aromatic nitrogens is 2. The lowest BCUT2D eigenvalue weighted by atomic mass is 10.2. The van der Waals surface area contributed by atoms with Crippen LogP contribution in [0.3, 0.4) is 0 Å². The van der Waals surface area contributed by atoms with Gasteiger partial charge in [-0.2, -0.15) is 4.98 Å². The Morgan fingerprint density at radius 2 is 2.05 bits per heavy atom. The number of aliphatic hydroxyl groups is 1. The van der Waals surface area contributed by atoms with E-state index in [2.05, 4.69) is 14.9 Å². The average molecular weight is 278 g/mol. The zero-order valence-electron chi connectivity index (χ0n) is 12.5. The van der Waals surface area contributed by atoms with Gasteiger partial charge in [0.2, 0.25) is 5.71 Å². The maximum Gasteiger partial charge on any atom is 0.231 e. The van der Waals surface area contributed by atoms with Gasteiger partial charge in [0.1, 0.15) is 17.4 Å². The number of aryl methyl sites for hydroxylation is 2. The predicted molar refractivity (Wildman–Crippen MR) is 78.3 cm³/mol. The maximum absolute atomic E-state index is 9.29. The van der Waals surface area contributed by atoms with Crippen molar-refractivity contribution in [3.63, 3.8) is 0 Å². The van der Waals surface area contributed by atoms with E-state index in [1.807, 2.05) is 20.9 Å². The molecule has 0 spiro atoms. The molecule has 0 aliphatic heterocycles. The van der Waals surface area contributed by atoms with Crippen LogP contribution in [0.5, 0.6) is 0 Å². The summed E-state index contributed by atoms with van der Waals surface area (Å²) in [6, 6.07) is 0. The van der Waals surface area contributed by atoms with Crippen molar-refractivity contribution in [2.45, 2.75) is 39.8 Å². The fourth-order valence-electron chi connectivity index (χ4n) is 2.12. The van der Waals surface area contributed by atoms with Gasteiger partial charge >= 0.3 is 0 Å². The van der Waals surface area contributed by atoms with Gasteiger partial charge < -0.3 is 15.3 Å². The molecule has 2 rings (SSSR count). The molecular formula is C14H22N4O2. The molecule has 0 fully saturated rings. The Morgan fingerprint density at radius 3 is 2.70 bits per heavy atom. The highest BCUT2D eigenvalue weighted by Gasteiger charge is 2.15. The molecule has 0 aliphatic rings. The molecule has 3 N–H and O–H groups in total. The Balaban J connectivity index is 2.19. The van der Waals surface area contributed by atoms with Crippen molar-refractivity contribution >= 4 is 16.9 Å². The monoisotopic (exact) mass is 278 g/mol. The number of nitrogens with zero attached hydrogens (tertiary/aromatic N) is 3.